The first kappa shape index (κ1) is 14.8. The van der Waals surface area contributed by atoms with Gasteiger partial charge in [0.05, 0.1) is 12.2 Å². The molecule has 1 aliphatic rings. The van der Waals surface area contributed by atoms with Crippen LogP contribution in [0.25, 0.3) is 11.4 Å². The Bertz CT molecular complexity index is 873. The van der Waals surface area contributed by atoms with Crippen molar-refractivity contribution >= 4 is 23.3 Å². The molecule has 1 aromatic carbocycles. The van der Waals surface area contributed by atoms with Crippen molar-refractivity contribution in [1.29, 1.82) is 0 Å². The van der Waals surface area contributed by atoms with Gasteiger partial charge < -0.3 is 10.2 Å². The molecule has 2 aromatic heterocycles. The number of amides is 2. The lowest BCUT2D eigenvalue weighted by molar-refractivity contribution is 0.206. The van der Waals surface area contributed by atoms with Gasteiger partial charge in [-0.2, -0.15) is 10.2 Å². The van der Waals surface area contributed by atoms with Gasteiger partial charge in [-0.25, -0.2) is 4.79 Å². The van der Waals surface area contributed by atoms with Crippen LogP contribution in [0.4, 0.5) is 10.5 Å². The third-order valence-corrected chi connectivity index (χ3v) is 4.29. The SMILES string of the molecule is O=C(Nc1cccc(Cl)c1)N1CCc2[nH]nc(-c3ccn[nH]3)c2C1. The molecule has 7 nitrogen and oxygen atoms in total. The van der Waals surface area contributed by atoms with Gasteiger partial charge in [0.15, 0.2) is 0 Å². The summed E-state index contributed by atoms with van der Waals surface area (Å²) in [5, 5.41) is 17.8. The zero-order chi connectivity index (χ0) is 16.5. The van der Waals surface area contributed by atoms with Gasteiger partial charge in [-0.15, -0.1) is 0 Å². The summed E-state index contributed by atoms with van der Waals surface area (Å²) in [5.41, 5.74) is 4.41. The van der Waals surface area contributed by atoms with Crippen LogP contribution in [-0.4, -0.2) is 37.9 Å². The molecular formula is C16H15ClN6O. The summed E-state index contributed by atoms with van der Waals surface area (Å²) in [5.74, 6) is 0. The van der Waals surface area contributed by atoms with Crippen LogP contribution in [0.15, 0.2) is 36.5 Å². The Hall–Kier alpha value is -2.80. The Morgan fingerprint density at radius 1 is 1.29 bits per heavy atom. The summed E-state index contributed by atoms with van der Waals surface area (Å²) in [6, 6.07) is 8.82. The average molecular weight is 343 g/mol. The van der Waals surface area contributed by atoms with E-state index >= 15 is 0 Å². The number of nitrogens with one attached hydrogen (secondary N) is 3. The van der Waals surface area contributed by atoms with Crippen LogP contribution in [-0.2, 0) is 13.0 Å². The maximum Gasteiger partial charge on any atom is 0.322 e. The van der Waals surface area contributed by atoms with Crippen molar-refractivity contribution in [2.45, 2.75) is 13.0 Å². The fourth-order valence-corrected chi connectivity index (χ4v) is 3.04. The van der Waals surface area contributed by atoms with Crippen molar-refractivity contribution in [2.75, 3.05) is 11.9 Å². The quantitative estimate of drug-likeness (QED) is 0.668. The number of carbonyl (C=O) groups excluding carboxylic acids is 1. The second-order valence-corrected chi connectivity index (χ2v) is 6.05. The number of carbonyl (C=O) groups is 1. The molecule has 0 fully saturated rings. The predicted molar refractivity (Wildman–Crippen MR) is 90.8 cm³/mol. The molecule has 122 valence electrons. The molecule has 0 bridgehead atoms. The summed E-state index contributed by atoms with van der Waals surface area (Å²) in [4.78, 5) is 14.3. The molecule has 0 unspecified atom stereocenters. The van der Waals surface area contributed by atoms with E-state index in [0.29, 0.717) is 23.8 Å². The van der Waals surface area contributed by atoms with E-state index in [1.165, 1.54) is 0 Å². The molecule has 0 aliphatic carbocycles. The molecular weight excluding hydrogens is 328 g/mol. The number of H-pyrrole nitrogens is 2. The number of urea groups is 1. The van der Waals surface area contributed by atoms with E-state index in [1.54, 1.807) is 29.3 Å². The number of anilines is 1. The van der Waals surface area contributed by atoms with E-state index in [0.717, 1.165) is 29.1 Å². The Kier molecular flexibility index (Phi) is 3.70. The summed E-state index contributed by atoms with van der Waals surface area (Å²) < 4.78 is 0. The van der Waals surface area contributed by atoms with E-state index in [-0.39, 0.29) is 6.03 Å². The number of halogens is 1. The first-order chi connectivity index (χ1) is 11.7. The highest BCUT2D eigenvalue weighted by Gasteiger charge is 2.26. The van der Waals surface area contributed by atoms with Crippen molar-refractivity contribution in [2.24, 2.45) is 0 Å². The fourth-order valence-electron chi connectivity index (χ4n) is 2.85. The minimum atomic E-state index is -0.153. The molecule has 3 heterocycles. The van der Waals surface area contributed by atoms with Gasteiger partial charge in [-0.3, -0.25) is 10.2 Å². The predicted octanol–water partition coefficient (Wildman–Crippen LogP) is 3.04. The van der Waals surface area contributed by atoms with Crippen LogP contribution in [0.2, 0.25) is 5.02 Å². The highest BCUT2D eigenvalue weighted by Crippen LogP contribution is 2.27. The Labute approximate surface area is 143 Å². The van der Waals surface area contributed by atoms with Crippen LogP contribution in [0.1, 0.15) is 11.3 Å². The number of nitrogens with zero attached hydrogens (tertiary/aromatic N) is 3. The summed E-state index contributed by atoms with van der Waals surface area (Å²) in [6.45, 7) is 1.12. The zero-order valence-electron chi connectivity index (χ0n) is 12.7. The topological polar surface area (TPSA) is 89.7 Å². The van der Waals surface area contributed by atoms with Gasteiger partial charge in [-0.05, 0) is 24.3 Å². The number of hydrogen-bond donors (Lipinski definition) is 3. The largest absolute Gasteiger partial charge is 0.322 e. The molecule has 24 heavy (non-hydrogen) atoms. The van der Waals surface area contributed by atoms with E-state index in [2.05, 4.69) is 25.7 Å². The van der Waals surface area contributed by atoms with E-state index in [1.807, 2.05) is 12.1 Å². The fraction of sp³-hybridized carbons (Fsp3) is 0.188. The van der Waals surface area contributed by atoms with Crippen molar-refractivity contribution in [1.82, 2.24) is 25.3 Å². The molecule has 0 radical (unpaired) electrons. The Morgan fingerprint density at radius 3 is 3.00 bits per heavy atom. The third kappa shape index (κ3) is 2.74. The summed E-state index contributed by atoms with van der Waals surface area (Å²) in [6.07, 6.45) is 2.42. The second kappa shape index (κ2) is 6.01. The lowest BCUT2D eigenvalue weighted by Gasteiger charge is -2.27. The highest BCUT2D eigenvalue weighted by molar-refractivity contribution is 6.30. The minimum Gasteiger partial charge on any atom is -0.320 e. The molecule has 3 N–H and O–H groups in total. The monoisotopic (exact) mass is 342 g/mol. The normalized spacial score (nSPS) is 13.6. The molecule has 0 saturated carbocycles. The van der Waals surface area contributed by atoms with Crippen LogP contribution < -0.4 is 5.32 Å². The second-order valence-electron chi connectivity index (χ2n) is 5.61. The van der Waals surface area contributed by atoms with Crippen molar-refractivity contribution in [3.63, 3.8) is 0 Å². The molecule has 0 saturated heterocycles. The van der Waals surface area contributed by atoms with Crippen molar-refractivity contribution < 1.29 is 4.79 Å². The summed E-state index contributed by atoms with van der Waals surface area (Å²) >= 11 is 5.96. The van der Waals surface area contributed by atoms with Gasteiger partial charge in [0, 0.05) is 41.1 Å². The smallest absolute Gasteiger partial charge is 0.320 e. The van der Waals surface area contributed by atoms with Gasteiger partial charge in [0.25, 0.3) is 0 Å². The number of aromatic amines is 2. The lowest BCUT2D eigenvalue weighted by Crippen LogP contribution is -2.38. The molecule has 1 aliphatic heterocycles. The number of rotatable bonds is 2. The zero-order valence-corrected chi connectivity index (χ0v) is 13.5. The maximum atomic E-state index is 12.5. The molecule has 2 amide bonds. The Morgan fingerprint density at radius 2 is 2.21 bits per heavy atom. The maximum absolute atomic E-state index is 12.5. The van der Waals surface area contributed by atoms with Crippen LogP contribution >= 0.6 is 11.6 Å². The first-order valence-electron chi connectivity index (χ1n) is 7.58. The number of hydrogen-bond acceptors (Lipinski definition) is 3. The van der Waals surface area contributed by atoms with E-state index in [4.69, 9.17) is 11.6 Å². The standard InChI is InChI=1S/C16H15ClN6O/c17-10-2-1-3-11(8-10)19-16(24)23-7-5-13-12(9-23)15(22-21-13)14-4-6-18-20-14/h1-4,6,8H,5,7,9H2,(H,18,20)(H,19,24)(H,21,22). The Balaban J connectivity index is 1.53. The van der Waals surface area contributed by atoms with Crippen LogP contribution in [0, 0.1) is 0 Å². The lowest BCUT2D eigenvalue weighted by atomic mass is 10.0. The molecule has 8 heteroatoms. The number of benzene rings is 1. The minimum absolute atomic E-state index is 0.153. The van der Waals surface area contributed by atoms with Crippen LogP contribution in [0.5, 0.6) is 0 Å². The third-order valence-electron chi connectivity index (χ3n) is 4.05. The van der Waals surface area contributed by atoms with Gasteiger partial charge in [0.2, 0.25) is 0 Å². The van der Waals surface area contributed by atoms with Gasteiger partial charge in [0.1, 0.15) is 5.69 Å². The van der Waals surface area contributed by atoms with Crippen LogP contribution in [0.3, 0.4) is 0 Å². The molecule has 3 aromatic rings. The molecule has 0 spiro atoms. The number of aromatic nitrogens is 4. The van der Waals surface area contributed by atoms with Gasteiger partial charge in [-0.1, -0.05) is 17.7 Å². The van der Waals surface area contributed by atoms with Crippen molar-refractivity contribution in [3.8, 4) is 11.4 Å². The van der Waals surface area contributed by atoms with E-state index < -0.39 is 0 Å². The summed E-state index contributed by atoms with van der Waals surface area (Å²) in [7, 11) is 0. The first-order valence-corrected chi connectivity index (χ1v) is 7.96. The molecule has 4 rings (SSSR count). The highest BCUT2D eigenvalue weighted by atomic mass is 35.5. The van der Waals surface area contributed by atoms with Gasteiger partial charge >= 0.3 is 6.03 Å². The number of fused-ring (bicyclic) bond motifs is 1. The van der Waals surface area contributed by atoms with Crippen molar-refractivity contribution in [3.05, 3.63) is 52.8 Å². The van der Waals surface area contributed by atoms with E-state index in [9.17, 15) is 4.79 Å². The molecule has 0 atom stereocenters. The average Bonchev–Trinajstić information content (AvgIpc) is 3.23.